The van der Waals surface area contributed by atoms with E-state index in [4.69, 9.17) is 5.73 Å². The van der Waals surface area contributed by atoms with E-state index < -0.39 is 12.8 Å². The van der Waals surface area contributed by atoms with Crippen LogP contribution in [0.15, 0.2) is 18.2 Å². The second kappa shape index (κ2) is 3.82. The molecule has 2 aromatic rings. The summed E-state index contributed by atoms with van der Waals surface area (Å²) in [5, 5.41) is -0.00192. The van der Waals surface area contributed by atoms with Gasteiger partial charge in [-0.1, -0.05) is 11.3 Å². The molecule has 7 heteroatoms. The normalized spacial score (nSPS) is 11.9. The minimum atomic E-state index is -4.35. The zero-order valence-electron chi connectivity index (χ0n) is 7.91. The number of fused-ring (bicyclic) bond motifs is 1. The summed E-state index contributed by atoms with van der Waals surface area (Å²) in [7, 11) is 0. The Morgan fingerprint density at radius 1 is 1.38 bits per heavy atom. The van der Waals surface area contributed by atoms with Crippen molar-refractivity contribution < 1.29 is 17.9 Å². The molecule has 0 saturated carbocycles. The number of ether oxygens (including phenoxy) is 1. The number of nitrogen functional groups attached to an aromatic ring is 1. The summed E-state index contributed by atoms with van der Waals surface area (Å²) in [4.78, 5) is 3.90. The van der Waals surface area contributed by atoms with E-state index in [1.54, 1.807) is 18.2 Å². The fourth-order valence-electron chi connectivity index (χ4n) is 1.13. The number of nitrogens with two attached hydrogens (primary N) is 1. The first-order valence-corrected chi connectivity index (χ1v) is 5.11. The first-order chi connectivity index (χ1) is 7.44. The molecule has 0 radical (unpaired) electrons. The van der Waals surface area contributed by atoms with Gasteiger partial charge in [-0.25, -0.2) is 4.98 Å². The molecule has 0 fully saturated rings. The molecule has 0 aliphatic carbocycles. The van der Waals surface area contributed by atoms with Gasteiger partial charge in [-0.2, -0.15) is 13.2 Å². The number of alkyl halides is 3. The van der Waals surface area contributed by atoms with E-state index in [1.165, 1.54) is 0 Å². The van der Waals surface area contributed by atoms with E-state index in [1.807, 2.05) is 0 Å². The van der Waals surface area contributed by atoms with E-state index in [0.29, 0.717) is 15.9 Å². The molecule has 0 atom stereocenters. The number of thiazole rings is 1. The second-order valence-corrected chi connectivity index (χ2v) is 4.10. The van der Waals surface area contributed by atoms with Gasteiger partial charge in [0.25, 0.3) is 5.19 Å². The highest BCUT2D eigenvalue weighted by atomic mass is 32.1. The largest absolute Gasteiger partial charge is 0.460 e. The van der Waals surface area contributed by atoms with Gasteiger partial charge in [0, 0.05) is 5.69 Å². The second-order valence-electron chi connectivity index (χ2n) is 3.11. The van der Waals surface area contributed by atoms with Crippen molar-refractivity contribution in [3.05, 3.63) is 18.2 Å². The van der Waals surface area contributed by atoms with Crippen molar-refractivity contribution in [2.75, 3.05) is 12.3 Å². The molecular formula is C9H7F3N2OS. The number of anilines is 1. The third kappa shape index (κ3) is 2.54. The molecule has 3 nitrogen and oxygen atoms in total. The van der Waals surface area contributed by atoms with Crippen molar-refractivity contribution in [3.8, 4) is 5.19 Å². The van der Waals surface area contributed by atoms with Crippen molar-refractivity contribution >= 4 is 27.2 Å². The Kier molecular flexibility index (Phi) is 2.63. The van der Waals surface area contributed by atoms with Gasteiger partial charge >= 0.3 is 6.18 Å². The average Bonchev–Trinajstić information content (AvgIpc) is 2.55. The Labute approximate surface area is 92.7 Å². The number of benzene rings is 1. The van der Waals surface area contributed by atoms with Crippen LogP contribution >= 0.6 is 11.3 Å². The van der Waals surface area contributed by atoms with E-state index in [9.17, 15) is 13.2 Å². The summed E-state index contributed by atoms with van der Waals surface area (Å²) in [6, 6.07) is 4.92. The Hall–Kier alpha value is -1.50. The van der Waals surface area contributed by atoms with Crippen molar-refractivity contribution in [2.45, 2.75) is 6.18 Å². The van der Waals surface area contributed by atoms with Crippen LogP contribution in [0, 0.1) is 0 Å². The first-order valence-electron chi connectivity index (χ1n) is 4.30. The number of nitrogens with zero attached hydrogens (tertiary/aromatic N) is 1. The summed E-state index contributed by atoms with van der Waals surface area (Å²) in [5.41, 5.74) is 6.65. The molecule has 1 heterocycles. The van der Waals surface area contributed by atoms with Crippen LogP contribution in [0.5, 0.6) is 5.19 Å². The maximum atomic E-state index is 11.9. The summed E-state index contributed by atoms with van der Waals surface area (Å²) in [6.07, 6.45) is -4.35. The molecule has 0 unspecified atom stereocenters. The van der Waals surface area contributed by atoms with Gasteiger partial charge in [0.05, 0.1) is 10.2 Å². The van der Waals surface area contributed by atoms with Crippen LogP contribution in [0.3, 0.4) is 0 Å². The summed E-state index contributed by atoms with van der Waals surface area (Å²) in [5.74, 6) is 0. The fourth-order valence-corrected chi connectivity index (χ4v) is 1.99. The van der Waals surface area contributed by atoms with E-state index >= 15 is 0 Å². The van der Waals surface area contributed by atoms with Crippen LogP contribution in [-0.2, 0) is 0 Å². The lowest BCUT2D eigenvalue weighted by Gasteiger charge is -2.04. The van der Waals surface area contributed by atoms with Crippen LogP contribution in [0.1, 0.15) is 0 Å². The van der Waals surface area contributed by atoms with E-state index in [0.717, 1.165) is 11.3 Å². The van der Waals surface area contributed by atoms with Crippen LogP contribution in [0.25, 0.3) is 10.2 Å². The molecule has 0 aliphatic heterocycles. The molecule has 1 aromatic heterocycles. The SMILES string of the molecule is Nc1ccc2nc(OCC(F)(F)F)sc2c1. The Balaban J connectivity index is 2.20. The summed E-state index contributed by atoms with van der Waals surface area (Å²) in [6.45, 7) is -1.33. The van der Waals surface area contributed by atoms with Gasteiger partial charge in [0.1, 0.15) is 0 Å². The predicted molar refractivity (Wildman–Crippen MR) is 55.6 cm³/mol. The summed E-state index contributed by atoms with van der Waals surface area (Å²) >= 11 is 1.04. The molecule has 16 heavy (non-hydrogen) atoms. The van der Waals surface area contributed by atoms with Gasteiger partial charge in [0.2, 0.25) is 0 Å². The maximum Gasteiger partial charge on any atom is 0.422 e. The minimum Gasteiger partial charge on any atom is -0.460 e. The van der Waals surface area contributed by atoms with Gasteiger partial charge in [0.15, 0.2) is 6.61 Å². The first kappa shape index (κ1) is 11.0. The highest BCUT2D eigenvalue weighted by Gasteiger charge is 2.29. The van der Waals surface area contributed by atoms with Crippen LogP contribution < -0.4 is 10.5 Å². The highest BCUT2D eigenvalue weighted by Crippen LogP contribution is 2.30. The minimum absolute atomic E-state index is 0.00192. The lowest BCUT2D eigenvalue weighted by Crippen LogP contribution is -2.19. The lowest BCUT2D eigenvalue weighted by atomic mass is 10.3. The monoisotopic (exact) mass is 248 g/mol. The molecule has 0 saturated heterocycles. The molecular weight excluding hydrogens is 241 g/mol. The third-order valence-electron chi connectivity index (χ3n) is 1.75. The van der Waals surface area contributed by atoms with Crippen molar-refractivity contribution in [2.24, 2.45) is 0 Å². The number of halogens is 3. The number of rotatable bonds is 2. The molecule has 1 aromatic carbocycles. The standard InChI is InChI=1S/C9H7F3N2OS/c10-9(11,12)4-15-8-14-6-2-1-5(13)3-7(6)16-8/h1-3H,4,13H2. The molecule has 86 valence electrons. The Bertz CT molecular complexity index is 509. The van der Waals surface area contributed by atoms with Crippen molar-refractivity contribution in [3.63, 3.8) is 0 Å². The smallest absolute Gasteiger partial charge is 0.422 e. The quantitative estimate of drug-likeness (QED) is 0.831. The highest BCUT2D eigenvalue weighted by molar-refractivity contribution is 7.20. The fraction of sp³-hybridized carbons (Fsp3) is 0.222. The number of hydrogen-bond acceptors (Lipinski definition) is 4. The van der Waals surface area contributed by atoms with Gasteiger partial charge < -0.3 is 10.5 Å². The predicted octanol–water partition coefficient (Wildman–Crippen LogP) is 2.82. The maximum absolute atomic E-state index is 11.9. The Morgan fingerprint density at radius 2 is 2.12 bits per heavy atom. The zero-order valence-corrected chi connectivity index (χ0v) is 8.73. The van der Waals surface area contributed by atoms with E-state index in [-0.39, 0.29) is 5.19 Å². The average molecular weight is 248 g/mol. The number of hydrogen-bond donors (Lipinski definition) is 1. The third-order valence-corrected chi connectivity index (χ3v) is 2.68. The number of aromatic nitrogens is 1. The molecule has 2 N–H and O–H groups in total. The van der Waals surface area contributed by atoms with Crippen LogP contribution in [-0.4, -0.2) is 17.8 Å². The topological polar surface area (TPSA) is 48.1 Å². The molecule has 0 bridgehead atoms. The van der Waals surface area contributed by atoms with Gasteiger partial charge in [-0.15, -0.1) is 0 Å². The van der Waals surface area contributed by atoms with Crippen molar-refractivity contribution in [1.82, 2.24) is 4.98 Å². The molecule has 0 spiro atoms. The van der Waals surface area contributed by atoms with E-state index in [2.05, 4.69) is 9.72 Å². The molecule has 0 amide bonds. The van der Waals surface area contributed by atoms with Gasteiger partial charge in [-0.05, 0) is 18.2 Å². The van der Waals surface area contributed by atoms with Crippen LogP contribution in [0.2, 0.25) is 0 Å². The van der Waals surface area contributed by atoms with Crippen LogP contribution in [0.4, 0.5) is 18.9 Å². The Morgan fingerprint density at radius 3 is 2.81 bits per heavy atom. The van der Waals surface area contributed by atoms with Gasteiger partial charge in [-0.3, -0.25) is 0 Å². The van der Waals surface area contributed by atoms with Crippen molar-refractivity contribution in [1.29, 1.82) is 0 Å². The molecule has 2 rings (SSSR count). The zero-order chi connectivity index (χ0) is 11.8. The molecule has 0 aliphatic rings. The summed E-state index contributed by atoms with van der Waals surface area (Å²) < 4.78 is 40.9. The lowest BCUT2D eigenvalue weighted by molar-refractivity contribution is -0.153.